The lowest BCUT2D eigenvalue weighted by Gasteiger charge is -2.68. The van der Waals surface area contributed by atoms with Crippen molar-refractivity contribution in [3.05, 3.63) is 40.7 Å². The van der Waals surface area contributed by atoms with Crippen molar-refractivity contribution >= 4 is 18.0 Å². The van der Waals surface area contributed by atoms with Crippen molar-refractivity contribution in [2.24, 2.45) is 22.7 Å². The van der Waals surface area contributed by atoms with Gasteiger partial charge in [-0.15, -0.1) is 0 Å². The third-order valence-corrected chi connectivity index (χ3v) is 13.0. The van der Waals surface area contributed by atoms with Gasteiger partial charge in [-0.1, -0.05) is 33.8 Å². The Balaban J connectivity index is 1.43. The number of amides is 1. The number of fused-ring (bicyclic) bond motifs is 8. The average Bonchev–Trinajstić information content (AvgIpc) is 3.46. The van der Waals surface area contributed by atoms with Gasteiger partial charge in [0.2, 0.25) is 0 Å². The second kappa shape index (κ2) is 14.4. The molecule has 0 aromatic carbocycles. The molecular formula is C41H61N3O11. The number of ether oxygens (including phenoxy) is 6. The summed E-state index contributed by atoms with van der Waals surface area (Å²) in [5, 5.41) is 27.7. The van der Waals surface area contributed by atoms with Crippen LogP contribution in [0.5, 0.6) is 0 Å². The fraction of sp³-hybridized carbons (Fsp3) is 0.756. The number of esters is 2. The lowest BCUT2D eigenvalue weighted by Crippen LogP contribution is -2.77. The maximum Gasteiger partial charge on any atom is 0.408 e. The van der Waals surface area contributed by atoms with E-state index in [1.807, 2.05) is 53.6 Å². The number of aliphatic hydroxyl groups is 2. The van der Waals surface area contributed by atoms with Crippen LogP contribution in [0.2, 0.25) is 0 Å². The van der Waals surface area contributed by atoms with Crippen LogP contribution < -0.4 is 5.32 Å². The van der Waals surface area contributed by atoms with Crippen LogP contribution in [-0.4, -0.2) is 119 Å². The monoisotopic (exact) mass is 771 g/mol. The van der Waals surface area contributed by atoms with Gasteiger partial charge in [0.1, 0.15) is 30.0 Å². The molecule has 5 aliphatic rings. The fourth-order valence-corrected chi connectivity index (χ4v) is 10.6. The number of aryl methyl sites for hydroxylation is 1. The largest absolute Gasteiger partial charge is 0.456 e. The number of aromatic nitrogens is 1. The lowest BCUT2D eigenvalue weighted by molar-refractivity contribution is -0.337. The highest BCUT2D eigenvalue weighted by atomic mass is 16.7. The number of carbonyl (C=O) groups is 3. The Labute approximate surface area is 324 Å². The van der Waals surface area contributed by atoms with Gasteiger partial charge >= 0.3 is 18.0 Å². The molecule has 1 amide bonds. The molecule has 2 saturated carbocycles. The molecule has 55 heavy (non-hydrogen) atoms. The maximum absolute atomic E-state index is 14.2. The zero-order valence-electron chi connectivity index (χ0n) is 34.4. The summed E-state index contributed by atoms with van der Waals surface area (Å²) in [4.78, 5) is 46.3. The highest BCUT2D eigenvalue weighted by Gasteiger charge is 2.75. The van der Waals surface area contributed by atoms with Gasteiger partial charge in [-0.25, -0.2) is 9.59 Å². The minimum atomic E-state index is -1.89. The van der Waals surface area contributed by atoms with Crippen LogP contribution in [0, 0.1) is 29.6 Å². The first kappa shape index (κ1) is 41.5. The SMILES string of the molecule is CC(=O)O[C@@]12CO[C@@H]1CC[C@@]1(C)[C@@H]3O[C@H](CN(C)C)O[C@@H]3C3=C(C)[C@@H](OC(=O)[C@H](O)[C@@H](NC(=O)OC(C)(C)C)c4ccc(C)cn4)C[C@@](O)([C@@H](C)[C@@H]12)C3(C)C. The smallest absolute Gasteiger partial charge is 0.408 e. The molecule has 3 N–H and O–H groups in total. The molecule has 6 rings (SSSR count). The lowest BCUT2D eigenvalue weighted by atomic mass is 9.43. The highest BCUT2D eigenvalue weighted by Crippen LogP contribution is 2.67. The third-order valence-electron chi connectivity index (χ3n) is 13.0. The van der Waals surface area contributed by atoms with E-state index in [0.29, 0.717) is 25.0 Å². The van der Waals surface area contributed by atoms with E-state index in [1.165, 1.54) is 6.92 Å². The number of pyridine rings is 1. The molecular weight excluding hydrogens is 710 g/mol. The van der Waals surface area contributed by atoms with Crippen molar-refractivity contribution in [2.75, 3.05) is 27.2 Å². The summed E-state index contributed by atoms with van der Waals surface area (Å²) >= 11 is 0. The van der Waals surface area contributed by atoms with Gasteiger partial charge < -0.3 is 48.9 Å². The first-order valence-electron chi connectivity index (χ1n) is 19.5. The van der Waals surface area contributed by atoms with E-state index in [2.05, 4.69) is 17.2 Å². The molecule has 0 spiro atoms. The quantitative estimate of drug-likeness (QED) is 0.196. The first-order chi connectivity index (χ1) is 25.4. The molecule has 0 unspecified atom stereocenters. The molecule has 3 aliphatic carbocycles. The van der Waals surface area contributed by atoms with Crippen LogP contribution in [0.15, 0.2) is 29.5 Å². The van der Waals surface area contributed by atoms with Gasteiger partial charge in [-0.2, -0.15) is 0 Å². The molecule has 0 radical (unpaired) electrons. The van der Waals surface area contributed by atoms with E-state index >= 15 is 0 Å². The maximum atomic E-state index is 14.2. The molecule has 12 atom stereocenters. The molecule has 3 heterocycles. The molecule has 1 aromatic rings. The molecule has 14 nitrogen and oxygen atoms in total. The highest BCUT2D eigenvalue weighted by molar-refractivity contribution is 5.78. The van der Waals surface area contributed by atoms with Crippen LogP contribution in [0.4, 0.5) is 4.79 Å². The Morgan fingerprint density at radius 3 is 2.38 bits per heavy atom. The summed E-state index contributed by atoms with van der Waals surface area (Å²) < 4.78 is 37.8. The van der Waals surface area contributed by atoms with Gasteiger partial charge in [-0.3, -0.25) is 9.78 Å². The number of rotatable bonds is 8. The fourth-order valence-electron chi connectivity index (χ4n) is 10.6. The van der Waals surface area contributed by atoms with Gasteiger partial charge in [0.15, 0.2) is 18.0 Å². The number of likely N-dealkylation sites (N-methyl/N-ethyl adjacent to an activating group) is 1. The first-order valence-corrected chi connectivity index (χ1v) is 19.5. The summed E-state index contributed by atoms with van der Waals surface area (Å²) in [5.41, 5.74) is -2.45. The van der Waals surface area contributed by atoms with Crippen molar-refractivity contribution in [3.8, 4) is 0 Å². The zero-order valence-corrected chi connectivity index (χ0v) is 34.4. The zero-order chi connectivity index (χ0) is 40.6. The molecule has 1 aromatic heterocycles. The molecule has 4 fully saturated rings. The van der Waals surface area contributed by atoms with Crippen LogP contribution in [0.1, 0.15) is 98.9 Å². The van der Waals surface area contributed by atoms with Gasteiger partial charge in [-0.05, 0) is 90.2 Å². The second-order valence-corrected chi connectivity index (χ2v) is 18.6. The second-order valence-electron chi connectivity index (χ2n) is 18.6. The molecule has 306 valence electrons. The van der Waals surface area contributed by atoms with E-state index in [9.17, 15) is 24.6 Å². The summed E-state index contributed by atoms with van der Waals surface area (Å²) in [6.07, 6.45) is -2.98. The molecule has 2 aliphatic heterocycles. The number of alkyl carbamates (subject to hydrolysis) is 1. The van der Waals surface area contributed by atoms with Crippen molar-refractivity contribution in [1.29, 1.82) is 0 Å². The third kappa shape index (κ3) is 7.09. The Kier molecular flexibility index (Phi) is 10.8. The number of aliphatic hydroxyl groups excluding tert-OH is 1. The number of carbonyl (C=O) groups excluding carboxylic acids is 3. The van der Waals surface area contributed by atoms with E-state index in [4.69, 9.17) is 28.4 Å². The molecule has 14 heteroatoms. The standard InChI is InChI=1S/C41H61N3O11/c1-21-13-14-25(42-18-21)30(43-36(48)55-37(5,6)7)31(46)35(47)51-26-17-41(49)23(3)33-39(10,16-15-27-40(33,20-50-27)54-24(4)45)34-32(29(22(26)2)38(41,8)9)52-28(53-34)19-44(11)12/h13-14,18,23,26-28,30-34,46,49H,15-17,19-20H2,1-12H3,(H,43,48)/t23-,26-,27+,28+,30-,31+,32+,33-,34+,39+,40-,41+/m0/s1. The van der Waals surface area contributed by atoms with Crippen LogP contribution in [0.25, 0.3) is 0 Å². The topological polar surface area (TPSA) is 175 Å². The number of hydrogen-bond acceptors (Lipinski definition) is 13. The van der Waals surface area contributed by atoms with Crippen molar-refractivity contribution < 1.29 is 53.0 Å². The number of nitrogens with one attached hydrogen (secondary N) is 1. The van der Waals surface area contributed by atoms with E-state index in [0.717, 1.165) is 11.1 Å². The minimum Gasteiger partial charge on any atom is -0.456 e. The summed E-state index contributed by atoms with van der Waals surface area (Å²) in [6.45, 7) is 19.0. The Morgan fingerprint density at radius 2 is 1.82 bits per heavy atom. The predicted molar refractivity (Wildman–Crippen MR) is 199 cm³/mol. The summed E-state index contributed by atoms with van der Waals surface area (Å²) in [6, 6.07) is 2.06. The van der Waals surface area contributed by atoms with Crippen molar-refractivity contribution in [1.82, 2.24) is 15.2 Å². The molecule has 2 bridgehead atoms. The minimum absolute atomic E-state index is 0.0183. The predicted octanol–water partition coefficient (Wildman–Crippen LogP) is 4.14. The van der Waals surface area contributed by atoms with Crippen molar-refractivity contribution in [2.45, 2.75) is 148 Å². The van der Waals surface area contributed by atoms with Gasteiger partial charge in [0.25, 0.3) is 0 Å². The van der Waals surface area contributed by atoms with Gasteiger partial charge in [0.05, 0.1) is 24.0 Å². The van der Waals surface area contributed by atoms with E-state index in [-0.39, 0.29) is 24.8 Å². The number of hydrogen-bond donors (Lipinski definition) is 3. The van der Waals surface area contributed by atoms with E-state index in [1.54, 1.807) is 39.1 Å². The molecule has 2 saturated heterocycles. The van der Waals surface area contributed by atoms with E-state index < -0.39 is 94.2 Å². The number of nitrogens with zero attached hydrogens (tertiary/aromatic N) is 2. The van der Waals surface area contributed by atoms with Crippen LogP contribution >= 0.6 is 0 Å². The average molecular weight is 772 g/mol. The van der Waals surface area contributed by atoms with Gasteiger partial charge in [0, 0.05) is 42.8 Å². The van der Waals surface area contributed by atoms with Crippen LogP contribution in [-0.2, 0) is 38.0 Å². The summed E-state index contributed by atoms with van der Waals surface area (Å²) in [7, 11) is 3.88. The Bertz CT molecular complexity index is 1690. The van der Waals surface area contributed by atoms with Crippen LogP contribution in [0.3, 0.4) is 0 Å². The normalized spacial score (nSPS) is 37.5. The van der Waals surface area contributed by atoms with Crippen molar-refractivity contribution in [3.63, 3.8) is 0 Å². The Morgan fingerprint density at radius 1 is 1.13 bits per heavy atom. The Hall–Kier alpha value is -3.14. The summed E-state index contributed by atoms with van der Waals surface area (Å²) in [5.74, 6) is -2.42.